The number of esters is 1. The van der Waals surface area contributed by atoms with E-state index in [1.807, 2.05) is 28.8 Å². The molecule has 0 spiro atoms. The number of aromatic nitrogens is 1. The molecule has 0 aliphatic heterocycles. The van der Waals surface area contributed by atoms with Crippen LogP contribution in [0.4, 0.5) is 4.39 Å². The van der Waals surface area contributed by atoms with E-state index in [1.165, 1.54) is 12.1 Å². The molecule has 1 amide bonds. The van der Waals surface area contributed by atoms with Crippen LogP contribution in [0.2, 0.25) is 0 Å². The lowest BCUT2D eigenvalue weighted by atomic mass is 9.91. The summed E-state index contributed by atoms with van der Waals surface area (Å²) < 4.78 is 26.2. The predicted molar refractivity (Wildman–Crippen MR) is 119 cm³/mol. The summed E-state index contributed by atoms with van der Waals surface area (Å²) in [6.45, 7) is 2.19. The Kier molecular flexibility index (Phi) is 6.44. The largest absolute Gasteiger partial charge is 0.497 e. The number of fused-ring (bicyclic) bond motifs is 3. The number of nitrogens with zero attached hydrogens (tertiary/aromatic N) is 1. The van der Waals surface area contributed by atoms with Gasteiger partial charge < -0.3 is 19.4 Å². The zero-order chi connectivity index (χ0) is 22.7. The minimum absolute atomic E-state index is 0.0434. The second-order valence-electron chi connectivity index (χ2n) is 8.01. The van der Waals surface area contributed by atoms with E-state index in [9.17, 15) is 14.0 Å². The number of hydrogen-bond acceptors (Lipinski definition) is 4. The van der Waals surface area contributed by atoms with Crippen LogP contribution in [0.15, 0.2) is 42.5 Å². The maximum absolute atomic E-state index is 14.0. The van der Waals surface area contributed by atoms with Gasteiger partial charge in [0.05, 0.1) is 20.1 Å². The molecule has 1 atom stereocenters. The molecule has 1 aliphatic carbocycles. The van der Waals surface area contributed by atoms with Crippen LogP contribution in [0.3, 0.4) is 0 Å². The number of carbonyl (C=O) groups is 2. The summed E-state index contributed by atoms with van der Waals surface area (Å²) >= 11 is 0. The lowest BCUT2D eigenvalue weighted by molar-refractivity contribution is -0.143. The Balaban J connectivity index is 1.52. The van der Waals surface area contributed by atoms with Crippen LogP contribution in [-0.4, -0.2) is 36.2 Å². The van der Waals surface area contributed by atoms with Crippen LogP contribution < -0.4 is 10.1 Å². The van der Waals surface area contributed by atoms with E-state index in [2.05, 4.69) is 5.32 Å². The third kappa shape index (κ3) is 4.61. The highest BCUT2D eigenvalue weighted by Crippen LogP contribution is 2.33. The topological polar surface area (TPSA) is 69.6 Å². The van der Waals surface area contributed by atoms with E-state index in [0.29, 0.717) is 19.4 Å². The van der Waals surface area contributed by atoms with Gasteiger partial charge in [0.2, 0.25) is 5.91 Å². The van der Waals surface area contributed by atoms with E-state index in [-0.39, 0.29) is 36.7 Å². The van der Waals surface area contributed by atoms with Crippen LogP contribution in [0.25, 0.3) is 10.9 Å². The van der Waals surface area contributed by atoms with Crippen molar-refractivity contribution in [1.82, 2.24) is 9.88 Å². The molecule has 0 saturated heterocycles. The Morgan fingerprint density at radius 2 is 1.97 bits per heavy atom. The van der Waals surface area contributed by atoms with Crippen molar-refractivity contribution in [2.75, 3.05) is 13.7 Å². The highest BCUT2D eigenvalue weighted by Gasteiger charge is 2.27. The normalized spacial score (nSPS) is 15.3. The van der Waals surface area contributed by atoms with E-state index in [0.717, 1.165) is 39.9 Å². The Labute approximate surface area is 186 Å². The first kappa shape index (κ1) is 21.9. The average Bonchev–Trinajstić information content (AvgIpc) is 3.06. The summed E-state index contributed by atoms with van der Waals surface area (Å²) in [5, 5.41) is 3.91. The maximum atomic E-state index is 14.0. The molecule has 1 heterocycles. The molecule has 3 aromatic rings. The van der Waals surface area contributed by atoms with Gasteiger partial charge in [0, 0.05) is 22.6 Å². The summed E-state index contributed by atoms with van der Waals surface area (Å²) in [6, 6.07) is 12.0. The average molecular weight is 438 g/mol. The molecule has 0 saturated carbocycles. The summed E-state index contributed by atoms with van der Waals surface area (Å²) in [5.74, 6) is 0.0659. The fourth-order valence-electron chi connectivity index (χ4n) is 4.47. The third-order valence-electron chi connectivity index (χ3n) is 5.91. The van der Waals surface area contributed by atoms with Crippen molar-refractivity contribution in [1.29, 1.82) is 0 Å². The van der Waals surface area contributed by atoms with Crippen molar-refractivity contribution in [3.8, 4) is 5.75 Å². The second kappa shape index (κ2) is 9.42. The number of nitrogens with one attached hydrogen (secondary N) is 1. The maximum Gasteiger partial charge on any atom is 0.325 e. The van der Waals surface area contributed by atoms with Crippen LogP contribution in [-0.2, 0) is 40.1 Å². The molecule has 0 radical (unpaired) electrons. The van der Waals surface area contributed by atoms with Gasteiger partial charge >= 0.3 is 5.97 Å². The van der Waals surface area contributed by atoms with Crippen molar-refractivity contribution in [3.05, 3.63) is 65.1 Å². The lowest BCUT2D eigenvalue weighted by Gasteiger charge is -2.25. The number of halogens is 1. The smallest absolute Gasteiger partial charge is 0.325 e. The van der Waals surface area contributed by atoms with Crippen molar-refractivity contribution >= 4 is 22.8 Å². The molecule has 2 aromatic carbocycles. The van der Waals surface area contributed by atoms with Gasteiger partial charge in [-0.15, -0.1) is 0 Å². The monoisotopic (exact) mass is 438 g/mol. The summed E-state index contributed by atoms with van der Waals surface area (Å²) in [4.78, 5) is 24.8. The molecule has 7 heteroatoms. The van der Waals surface area contributed by atoms with Gasteiger partial charge in [0.15, 0.2) is 0 Å². The molecular weight excluding hydrogens is 411 g/mol. The Bertz CT molecular complexity index is 1140. The summed E-state index contributed by atoms with van der Waals surface area (Å²) in [5.41, 5.74) is 3.73. The number of methoxy groups -OCH3 is 1. The van der Waals surface area contributed by atoms with Gasteiger partial charge in [0.1, 0.15) is 18.1 Å². The van der Waals surface area contributed by atoms with Crippen molar-refractivity contribution in [2.45, 2.75) is 45.2 Å². The fraction of sp³-hybridized carbons (Fsp3) is 0.360. The second-order valence-corrected chi connectivity index (χ2v) is 8.01. The van der Waals surface area contributed by atoms with Gasteiger partial charge in [0.25, 0.3) is 0 Å². The number of amides is 1. The van der Waals surface area contributed by atoms with E-state index in [4.69, 9.17) is 9.47 Å². The number of hydrogen-bond donors (Lipinski definition) is 1. The van der Waals surface area contributed by atoms with Crippen LogP contribution in [0.1, 0.15) is 30.2 Å². The SMILES string of the molecule is CCOC(=O)Cn1c2c(c3cc(F)ccc31)C[C@H](NC(=O)Cc1ccc(OC)cc1)CC2. The van der Waals surface area contributed by atoms with Gasteiger partial charge in [-0.3, -0.25) is 9.59 Å². The first-order valence-electron chi connectivity index (χ1n) is 10.9. The molecule has 32 heavy (non-hydrogen) atoms. The van der Waals surface area contributed by atoms with Crippen molar-refractivity contribution in [3.63, 3.8) is 0 Å². The Morgan fingerprint density at radius 3 is 2.69 bits per heavy atom. The predicted octanol–water partition coefficient (Wildman–Crippen LogP) is 3.57. The molecule has 0 unspecified atom stereocenters. The first-order chi connectivity index (χ1) is 15.5. The molecule has 0 fully saturated rings. The third-order valence-corrected chi connectivity index (χ3v) is 5.91. The van der Waals surface area contributed by atoms with Crippen LogP contribution >= 0.6 is 0 Å². The fourth-order valence-corrected chi connectivity index (χ4v) is 4.47. The highest BCUT2D eigenvalue weighted by atomic mass is 19.1. The molecule has 1 aliphatic rings. The van der Waals surface area contributed by atoms with Crippen molar-refractivity contribution in [2.24, 2.45) is 0 Å². The molecule has 6 nitrogen and oxygen atoms in total. The minimum Gasteiger partial charge on any atom is -0.497 e. The molecule has 168 valence electrons. The quantitative estimate of drug-likeness (QED) is 0.573. The van der Waals surface area contributed by atoms with E-state index < -0.39 is 0 Å². The minimum atomic E-state index is -0.320. The molecule has 4 rings (SSSR count). The lowest BCUT2D eigenvalue weighted by Crippen LogP contribution is -2.39. The van der Waals surface area contributed by atoms with Gasteiger partial charge in [-0.2, -0.15) is 0 Å². The summed E-state index contributed by atoms with van der Waals surface area (Å²) in [6.07, 6.45) is 2.33. The van der Waals surface area contributed by atoms with Crippen LogP contribution in [0, 0.1) is 5.82 Å². The first-order valence-corrected chi connectivity index (χ1v) is 10.9. The Morgan fingerprint density at radius 1 is 1.19 bits per heavy atom. The zero-order valence-corrected chi connectivity index (χ0v) is 18.3. The molecule has 1 aromatic heterocycles. The van der Waals surface area contributed by atoms with Gasteiger partial charge in [-0.1, -0.05) is 12.1 Å². The van der Waals surface area contributed by atoms with Crippen molar-refractivity contribution < 1.29 is 23.5 Å². The zero-order valence-electron chi connectivity index (χ0n) is 18.3. The standard InChI is InChI=1S/C25H27FN2O4/c1-3-32-25(30)15-28-22-10-6-17(26)13-20(22)21-14-18(7-11-23(21)28)27-24(29)12-16-4-8-19(31-2)9-5-16/h4-6,8-10,13,18H,3,7,11-12,14-15H2,1-2H3,(H,27,29)/t18-/m1/s1. The summed E-state index contributed by atoms with van der Waals surface area (Å²) in [7, 11) is 1.61. The molecule has 0 bridgehead atoms. The van der Waals surface area contributed by atoms with E-state index in [1.54, 1.807) is 20.1 Å². The van der Waals surface area contributed by atoms with Crippen LogP contribution in [0.5, 0.6) is 5.75 Å². The number of ether oxygens (including phenoxy) is 2. The van der Waals surface area contributed by atoms with Gasteiger partial charge in [-0.05, 0) is 67.6 Å². The number of benzene rings is 2. The molecular formula is C25H27FN2O4. The highest BCUT2D eigenvalue weighted by molar-refractivity contribution is 5.88. The number of carbonyl (C=O) groups excluding carboxylic acids is 2. The van der Waals surface area contributed by atoms with Gasteiger partial charge in [-0.25, -0.2) is 4.39 Å². The number of rotatable bonds is 7. The molecule has 1 N–H and O–H groups in total. The van der Waals surface area contributed by atoms with E-state index >= 15 is 0 Å². The Hall–Kier alpha value is -3.35.